The van der Waals surface area contributed by atoms with Gasteiger partial charge in [0, 0.05) is 5.02 Å². The van der Waals surface area contributed by atoms with Gasteiger partial charge in [-0.05, 0) is 53.9 Å². The fourth-order valence-electron chi connectivity index (χ4n) is 2.24. The zero-order valence-corrected chi connectivity index (χ0v) is 15.5. The number of benzene rings is 3. The predicted octanol–water partition coefficient (Wildman–Crippen LogP) is 6.79. The zero-order chi connectivity index (χ0) is 17.5. The van der Waals surface area contributed by atoms with Crippen LogP contribution in [0.25, 0.3) is 12.2 Å². The van der Waals surface area contributed by atoms with Crippen LogP contribution in [0.5, 0.6) is 11.5 Å². The summed E-state index contributed by atoms with van der Waals surface area (Å²) in [7, 11) is -0.0735. The molecule has 3 aromatic rings. The molecule has 0 saturated carbocycles. The Kier molecular flexibility index (Phi) is 6.11. The summed E-state index contributed by atoms with van der Waals surface area (Å²) in [5.74, 6) is 1.59. The minimum absolute atomic E-state index is 0.0735. The maximum Gasteiger partial charge on any atom is 0.275 e. The average Bonchev–Trinajstić information content (AvgIpc) is 2.65. The first-order valence-corrected chi connectivity index (χ1v) is 9.09. The fraction of sp³-hybridized carbons (Fsp3) is 0.0476. The van der Waals surface area contributed by atoms with Crippen LogP contribution in [0.15, 0.2) is 72.8 Å². The SMILES string of the molecule is Cc1c(Cl)cccc1/C=C/c1ccc(OPOc2ccccc2)cc1. The standard InChI is InChI=1S/C21H18ClO2P/c1-16-18(6-5-9-21(16)22)13-10-17-11-14-20(15-12-17)24-25-23-19-7-3-2-4-8-19/h2-15,25H,1H3/b13-10+. The van der Waals surface area contributed by atoms with E-state index in [1.165, 1.54) is 0 Å². The molecular weight excluding hydrogens is 351 g/mol. The third-order valence-corrected chi connectivity index (χ3v) is 4.75. The predicted molar refractivity (Wildman–Crippen MR) is 108 cm³/mol. The largest absolute Gasteiger partial charge is 0.441 e. The molecule has 0 N–H and O–H groups in total. The molecule has 3 aromatic carbocycles. The Bertz CT molecular complexity index is 846. The van der Waals surface area contributed by atoms with Crippen LogP contribution in [-0.4, -0.2) is 0 Å². The van der Waals surface area contributed by atoms with E-state index in [2.05, 4.69) is 18.2 Å². The van der Waals surface area contributed by atoms with Crippen molar-refractivity contribution < 1.29 is 9.05 Å². The summed E-state index contributed by atoms with van der Waals surface area (Å²) in [6, 6.07) is 23.4. The number of halogens is 1. The van der Waals surface area contributed by atoms with Crippen LogP contribution in [0, 0.1) is 6.92 Å². The van der Waals surface area contributed by atoms with E-state index in [1.807, 2.05) is 73.7 Å². The van der Waals surface area contributed by atoms with Gasteiger partial charge in [0.2, 0.25) is 0 Å². The molecule has 4 heteroatoms. The van der Waals surface area contributed by atoms with Gasteiger partial charge < -0.3 is 9.05 Å². The van der Waals surface area contributed by atoms with E-state index in [0.29, 0.717) is 0 Å². The quantitative estimate of drug-likeness (QED) is 0.352. The second-order valence-corrected chi connectivity index (χ2v) is 6.44. The van der Waals surface area contributed by atoms with Crippen LogP contribution in [0.1, 0.15) is 16.7 Å². The highest BCUT2D eigenvalue weighted by atomic mass is 35.5. The van der Waals surface area contributed by atoms with E-state index in [-0.39, 0.29) is 9.03 Å². The van der Waals surface area contributed by atoms with Gasteiger partial charge in [0.25, 0.3) is 9.03 Å². The van der Waals surface area contributed by atoms with Crippen molar-refractivity contribution in [3.05, 3.63) is 94.5 Å². The molecule has 3 rings (SSSR count). The minimum atomic E-state index is -0.0735. The second kappa shape index (κ2) is 8.71. The van der Waals surface area contributed by atoms with Crippen LogP contribution in [0.2, 0.25) is 5.02 Å². The maximum absolute atomic E-state index is 6.15. The van der Waals surface area contributed by atoms with E-state index in [1.54, 1.807) is 0 Å². The average molecular weight is 369 g/mol. The first-order chi connectivity index (χ1) is 12.2. The van der Waals surface area contributed by atoms with Crippen molar-refractivity contribution in [3.63, 3.8) is 0 Å². The molecule has 0 aliphatic rings. The Hall–Kier alpha value is -2.28. The lowest BCUT2D eigenvalue weighted by molar-refractivity contribution is 0.516. The van der Waals surface area contributed by atoms with E-state index in [4.69, 9.17) is 20.6 Å². The van der Waals surface area contributed by atoms with Crippen LogP contribution in [0.4, 0.5) is 0 Å². The van der Waals surface area contributed by atoms with Crippen molar-refractivity contribution >= 4 is 32.8 Å². The van der Waals surface area contributed by atoms with E-state index >= 15 is 0 Å². The van der Waals surface area contributed by atoms with Crippen LogP contribution in [-0.2, 0) is 0 Å². The highest BCUT2D eigenvalue weighted by Crippen LogP contribution is 2.25. The van der Waals surface area contributed by atoms with Crippen molar-refractivity contribution in [2.75, 3.05) is 0 Å². The summed E-state index contributed by atoms with van der Waals surface area (Å²) >= 11 is 6.15. The molecule has 1 unspecified atom stereocenters. The first kappa shape index (κ1) is 17.5. The molecule has 0 saturated heterocycles. The van der Waals surface area contributed by atoms with Gasteiger partial charge in [-0.1, -0.05) is 66.2 Å². The van der Waals surface area contributed by atoms with E-state index < -0.39 is 0 Å². The van der Waals surface area contributed by atoms with Crippen molar-refractivity contribution in [3.8, 4) is 11.5 Å². The monoisotopic (exact) mass is 368 g/mol. The lowest BCUT2D eigenvalue weighted by Crippen LogP contribution is -1.85. The molecule has 2 nitrogen and oxygen atoms in total. The summed E-state index contributed by atoms with van der Waals surface area (Å²) in [5, 5.41) is 0.783. The maximum atomic E-state index is 6.15. The summed E-state index contributed by atoms with van der Waals surface area (Å²) in [5.41, 5.74) is 3.30. The zero-order valence-electron chi connectivity index (χ0n) is 13.8. The summed E-state index contributed by atoms with van der Waals surface area (Å²) in [6.45, 7) is 2.02. The van der Waals surface area contributed by atoms with E-state index in [0.717, 1.165) is 33.2 Å². The molecule has 25 heavy (non-hydrogen) atoms. The summed E-state index contributed by atoms with van der Waals surface area (Å²) < 4.78 is 11.2. The number of hydrogen-bond acceptors (Lipinski definition) is 2. The molecule has 0 fully saturated rings. The molecule has 0 aliphatic carbocycles. The molecule has 0 heterocycles. The third kappa shape index (κ3) is 5.09. The Morgan fingerprint density at radius 1 is 0.760 bits per heavy atom. The summed E-state index contributed by atoms with van der Waals surface area (Å²) in [6.07, 6.45) is 4.13. The van der Waals surface area contributed by atoms with Crippen molar-refractivity contribution in [1.82, 2.24) is 0 Å². The van der Waals surface area contributed by atoms with Gasteiger partial charge in [0.1, 0.15) is 11.5 Å². The van der Waals surface area contributed by atoms with Gasteiger partial charge in [-0.3, -0.25) is 0 Å². The highest BCUT2D eigenvalue weighted by Gasteiger charge is 1.99. The molecular formula is C21H18ClO2P. The van der Waals surface area contributed by atoms with Gasteiger partial charge in [0.05, 0.1) is 0 Å². The van der Waals surface area contributed by atoms with Crippen molar-refractivity contribution in [2.24, 2.45) is 0 Å². The number of rotatable bonds is 6. The van der Waals surface area contributed by atoms with Gasteiger partial charge in [-0.15, -0.1) is 0 Å². The highest BCUT2D eigenvalue weighted by molar-refractivity contribution is 7.27. The lowest BCUT2D eigenvalue weighted by atomic mass is 10.1. The van der Waals surface area contributed by atoms with E-state index in [9.17, 15) is 0 Å². The molecule has 0 spiro atoms. The topological polar surface area (TPSA) is 18.5 Å². The van der Waals surface area contributed by atoms with Gasteiger partial charge in [0.15, 0.2) is 0 Å². The smallest absolute Gasteiger partial charge is 0.275 e. The Balaban J connectivity index is 1.57. The Morgan fingerprint density at radius 3 is 2.16 bits per heavy atom. The van der Waals surface area contributed by atoms with Gasteiger partial charge >= 0.3 is 0 Å². The van der Waals surface area contributed by atoms with Crippen LogP contribution in [0.3, 0.4) is 0 Å². The molecule has 0 radical (unpaired) electrons. The molecule has 0 aliphatic heterocycles. The molecule has 0 aromatic heterocycles. The van der Waals surface area contributed by atoms with Crippen LogP contribution < -0.4 is 9.05 Å². The normalized spacial score (nSPS) is 11.3. The summed E-state index contributed by atoms with van der Waals surface area (Å²) in [4.78, 5) is 0. The lowest BCUT2D eigenvalue weighted by Gasteiger charge is -2.07. The van der Waals surface area contributed by atoms with Crippen molar-refractivity contribution in [2.45, 2.75) is 6.92 Å². The van der Waals surface area contributed by atoms with Gasteiger partial charge in [-0.2, -0.15) is 0 Å². The Labute approximate surface area is 155 Å². The van der Waals surface area contributed by atoms with Crippen molar-refractivity contribution in [1.29, 1.82) is 0 Å². The molecule has 0 amide bonds. The Morgan fingerprint density at radius 2 is 1.44 bits per heavy atom. The molecule has 126 valence electrons. The molecule has 1 atom stereocenters. The van der Waals surface area contributed by atoms with Gasteiger partial charge in [-0.25, -0.2) is 0 Å². The first-order valence-electron chi connectivity index (χ1n) is 7.89. The minimum Gasteiger partial charge on any atom is -0.441 e. The fourth-order valence-corrected chi connectivity index (χ4v) is 2.93. The molecule has 0 bridgehead atoms. The van der Waals surface area contributed by atoms with Crippen LogP contribution >= 0.6 is 20.6 Å². The number of para-hydroxylation sites is 1. The third-order valence-electron chi connectivity index (χ3n) is 3.71. The number of hydrogen-bond donors (Lipinski definition) is 0. The second-order valence-electron chi connectivity index (χ2n) is 5.46.